The molecular weight excluding hydrogens is 514 g/mol. The molecule has 0 unspecified atom stereocenters. The summed E-state index contributed by atoms with van der Waals surface area (Å²) >= 11 is 6.22. The highest BCUT2D eigenvalue weighted by atomic mass is 35.5. The zero-order chi connectivity index (χ0) is 26.6. The number of nitriles is 1. The number of hydrogen-bond donors (Lipinski definition) is 1. The molecule has 0 radical (unpaired) electrons. The average molecular weight is 542 g/mol. The van der Waals surface area contributed by atoms with Gasteiger partial charge in [0.05, 0.1) is 33.8 Å². The predicted octanol–water partition coefficient (Wildman–Crippen LogP) is 3.30. The van der Waals surface area contributed by atoms with Gasteiger partial charge in [-0.1, -0.05) is 35.9 Å². The van der Waals surface area contributed by atoms with Crippen LogP contribution in [0.3, 0.4) is 0 Å². The second kappa shape index (κ2) is 9.03. The molecule has 10 heteroatoms. The normalized spacial score (nSPS) is 23.1. The van der Waals surface area contributed by atoms with Crippen LogP contribution in [0.4, 0.5) is 0 Å². The second-order valence-corrected chi connectivity index (χ2v) is 12.9. The largest absolute Gasteiger partial charge is 0.496 e. The highest BCUT2D eigenvalue weighted by Gasteiger charge is 2.58. The van der Waals surface area contributed by atoms with E-state index in [0.717, 1.165) is 11.1 Å². The van der Waals surface area contributed by atoms with Gasteiger partial charge in [-0.05, 0) is 68.4 Å². The first-order valence-corrected chi connectivity index (χ1v) is 14.2. The Morgan fingerprint density at radius 3 is 2.46 bits per heavy atom. The topological polar surface area (TPSA) is 117 Å². The summed E-state index contributed by atoms with van der Waals surface area (Å²) in [6.45, 7) is 1.78. The van der Waals surface area contributed by atoms with Gasteiger partial charge in [-0.15, -0.1) is 0 Å². The maximum atomic E-state index is 14.1. The molecule has 1 saturated heterocycles. The SMILES string of the molecule is COc1cc(C2(C(=O)N3C[C@H](S(=O)(=O)c4ccccc4Cl)C[C@H]3C(=O)NC3(C#N)CC3)CC2)ccc1C. The van der Waals surface area contributed by atoms with Crippen LogP contribution in [0.2, 0.25) is 5.02 Å². The molecule has 1 heterocycles. The number of carbonyl (C=O) groups excluding carboxylic acids is 2. The predicted molar refractivity (Wildman–Crippen MR) is 137 cm³/mol. The summed E-state index contributed by atoms with van der Waals surface area (Å²) in [5, 5.41) is 11.3. The van der Waals surface area contributed by atoms with Crippen LogP contribution in [0.5, 0.6) is 5.75 Å². The number of hydrogen-bond acceptors (Lipinski definition) is 6. The lowest BCUT2D eigenvalue weighted by Gasteiger charge is -2.29. The monoisotopic (exact) mass is 541 g/mol. The fourth-order valence-electron chi connectivity index (χ4n) is 5.20. The summed E-state index contributed by atoms with van der Waals surface area (Å²) in [5.41, 5.74) is -0.0560. The molecule has 3 aliphatic rings. The summed E-state index contributed by atoms with van der Waals surface area (Å²) in [4.78, 5) is 28.8. The third-order valence-corrected chi connectivity index (χ3v) is 10.5. The lowest BCUT2D eigenvalue weighted by atomic mass is 9.92. The fourth-order valence-corrected chi connectivity index (χ4v) is 7.42. The molecule has 194 valence electrons. The Bertz CT molecular complexity index is 1430. The molecule has 3 fully saturated rings. The number of halogens is 1. The number of nitrogens with zero attached hydrogens (tertiary/aromatic N) is 2. The Morgan fingerprint density at radius 1 is 1.16 bits per heavy atom. The number of aryl methyl sites for hydroxylation is 1. The first-order chi connectivity index (χ1) is 17.6. The quantitative estimate of drug-likeness (QED) is 0.575. The van der Waals surface area contributed by atoms with E-state index in [1.807, 2.05) is 25.1 Å². The van der Waals surface area contributed by atoms with Crippen LogP contribution in [-0.2, 0) is 24.8 Å². The number of sulfone groups is 1. The van der Waals surface area contributed by atoms with E-state index in [4.69, 9.17) is 16.3 Å². The molecular formula is C27H28ClN3O5S. The molecule has 8 nitrogen and oxygen atoms in total. The number of nitrogens with one attached hydrogen (secondary N) is 1. The molecule has 2 aromatic rings. The van der Waals surface area contributed by atoms with Crippen molar-refractivity contribution in [3.05, 3.63) is 58.6 Å². The fraction of sp³-hybridized carbons (Fsp3) is 0.444. The molecule has 2 aliphatic carbocycles. The van der Waals surface area contributed by atoms with E-state index in [9.17, 15) is 23.3 Å². The summed E-state index contributed by atoms with van der Waals surface area (Å²) in [6.07, 6.45) is 2.18. The van der Waals surface area contributed by atoms with Gasteiger partial charge in [0.15, 0.2) is 9.84 Å². The van der Waals surface area contributed by atoms with Crippen molar-refractivity contribution in [1.82, 2.24) is 10.2 Å². The minimum atomic E-state index is -3.93. The van der Waals surface area contributed by atoms with E-state index in [1.165, 1.54) is 17.0 Å². The first-order valence-electron chi connectivity index (χ1n) is 12.2. The van der Waals surface area contributed by atoms with E-state index in [-0.39, 0.29) is 28.8 Å². The maximum Gasteiger partial charge on any atom is 0.244 e. The minimum Gasteiger partial charge on any atom is -0.496 e. The summed E-state index contributed by atoms with van der Waals surface area (Å²) in [6, 6.07) is 12.9. The van der Waals surface area contributed by atoms with Crippen molar-refractivity contribution < 1.29 is 22.7 Å². The van der Waals surface area contributed by atoms with Crippen molar-refractivity contribution in [3.8, 4) is 11.8 Å². The average Bonchev–Trinajstić information content (AvgIpc) is 3.80. The molecule has 0 bridgehead atoms. The van der Waals surface area contributed by atoms with Gasteiger partial charge in [-0.25, -0.2) is 8.42 Å². The van der Waals surface area contributed by atoms with Crippen molar-refractivity contribution in [2.75, 3.05) is 13.7 Å². The zero-order valence-corrected chi connectivity index (χ0v) is 22.2. The summed E-state index contributed by atoms with van der Waals surface area (Å²) in [7, 11) is -2.36. The first kappa shape index (κ1) is 25.6. The molecule has 2 aromatic carbocycles. The summed E-state index contributed by atoms with van der Waals surface area (Å²) < 4.78 is 32.6. The zero-order valence-electron chi connectivity index (χ0n) is 20.7. The lowest BCUT2D eigenvalue weighted by Crippen LogP contribution is -2.51. The van der Waals surface area contributed by atoms with Crippen LogP contribution in [0.1, 0.15) is 43.2 Å². The molecule has 2 saturated carbocycles. The highest BCUT2D eigenvalue weighted by molar-refractivity contribution is 7.92. The molecule has 1 aliphatic heterocycles. The van der Waals surface area contributed by atoms with E-state index in [1.54, 1.807) is 19.2 Å². The smallest absolute Gasteiger partial charge is 0.244 e. The van der Waals surface area contributed by atoms with Crippen LogP contribution < -0.4 is 10.1 Å². The maximum absolute atomic E-state index is 14.1. The Labute approximate surface area is 221 Å². The Hall–Kier alpha value is -3.09. The number of likely N-dealkylation sites (tertiary alicyclic amines) is 1. The van der Waals surface area contributed by atoms with Gasteiger partial charge in [0.1, 0.15) is 17.3 Å². The lowest BCUT2D eigenvalue weighted by molar-refractivity contribution is -0.140. The van der Waals surface area contributed by atoms with Crippen molar-refractivity contribution in [2.45, 2.75) is 66.2 Å². The Kier molecular flexibility index (Phi) is 6.24. The minimum absolute atomic E-state index is 0.0183. The van der Waals surface area contributed by atoms with Crippen molar-refractivity contribution >= 4 is 33.3 Å². The van der Waals surface area contributed by atoms with Gasteiger partial charge in [-0.3, -0.25) is 9.59 Å². The Morgan fingerprint density at radius 2 is 1.86 bits per heavy atom. The van der Waals surface area contributed by atoms with Crippen molar-refractivity contribution in [2.24, 2.45) is 0 Å². The highest BCUT2D eigenvalue weighted by Crippen LogP contribution is 2.52. The second-order valence-electron chi connectivity index (χ2n) is 10.3. The van der Waals surface area contributed by atoms with Gasteiger partial charge in [-0.2, -0.15) is 5.26 Å². The third kappa shape index (κ3) is 4.36. The molecule has 37 heavy (non-hydrogen) atoms. The summed E-state index contributed by atoms with van der Waals surface area (Å²) in [5.74, 6) is -0.116. The van der Waals surface area contributed by atoms with Gasteiger partial charge in [0.25, 0.3) is 0 Å². The number of ether oxygens (including phenoxy) is 1. The van der Waals surface area contributed by atoms with Gasteiger partial charge >= 0.3 is 0 Å². The van der Waals surface area contributed by atoms with Crippen LogP contribution in [-0.4, -0.2) is 55.6 Å². The molecule has 1 N–H and O–H groups in total. The Balaban J connectivity index is 1.49. The van der Waals surface area contributed by atoms with E-state index in [2.05, 4.69) is 11.4 Å². The van der Waals surface area contributed by atoms with Crippen LogP contribution in [0, 0.1) is 18.3 Å². The molecule has 0 spiro atoms. The number of benzene rings is 2. The molecule has 2 atom stereocenters. The van der Waals surface area contributed by atoms with E-state index >= 15 is 0 Å². The molecule has 5 rings (SSSR count). The van der Waals surface area contributed by atoms with E-state index < -0.39 is 38.0 Å². The number of rotatable bonds is 7. The number of amides is 2. The van der Waals surface area contributed by atoms with Crippen LogP contribution in [0.15, 0.2) is 47.4 Å². The number of methoxy groups -OCH3 is 1. The van der Waals surface area contributed by atoms with E-state index in [0.29, 0.717) is 31.4 Å². The van der Waals surface area contributed by atoms with Crippen LogP contribution >= 0.6 is 11.6 Å². The van der Waals surface area contributed by atoms with Crippen LogP contribution in [0.25, 0.3) is 0 Å². The van der Waals surface area contributed by atoms with Gasteiger partial charge < -0.3 is 15.0 Å². The molecule has 0 aromatic heterocycles. The van der Waals surface area contributed by atoms with Crippen molar-refractivity contribution in [3.63, 3.8) is 0 Å². The van der Waals surface area contributed by atoms with Gasteiger partial charge in [0.2, 0.25) is 11.8 Å². The third-order valence-electron chi connectivity index (χ3n) is 7.85. The van der Waals surface area contributed by atoms with Gasteiger partial charge in [0, 0.05) is 6.54 Å². The molecule has 2 amide bonds. The van der Waals surface area contributed by atoms with Crippen molar-refractivity contribution in [1.29, 1.82) is 5.26 Å². The standard InChI is InChI=1S/C27H28ClN3O5S/c1-17-7-8-18(13-22(17)36-2)27(11-12-27)25(33)31-15-19(37(34,35)23-6-4-3-5-20(23)28)14-21(31)24(32)30-26(16-29)9-10-26/h3-8,13,19,21H,9-12,14-15H2,1-2H3,(H,30,32)/t19-,21+/m1/s1. The number of carbonyl (C=O) groups is 2.